The predicted octanol–water partition coefficient (Wildman–Crippen LogP) is 3.03. The minimum atomic E-state index is -0.604. The van der Waals surface area contributed by atoms with Crippen molar-refractivity contribution in [1.29, 1.82) is 0 Å². The summed E-state index contributed by atoms with van der Waals surface area (Å²) in [5.74, 6) is 0.385. The summed E-state index contributed by atoms with van der Waals surface area (Å²) in [4.78, 5) is 23.6. The van der Waals surface area contributed by atoms with Crippen LogP contribution in [0.15, 0.2) is 54.9 Å². The summed E-state index contributed by atoms with van der Waals surface area (Å²) in [6.45, 7) is 1.41. The summed E-state index contributed by atoms with van der Waals surface area (Å²) in [5, 5.41) is 10.2. The van der Waals surface area contributed by atoms with Gasteiger partial charge in [-0.15, -0.1) is 5.10 Å². The lowest BCUT2D eigenvalue weighted by Crippen LogP contribution is -2.08. The molecule has 4 aromatic rings. The van der Waals surface area contributed by atoms with Gasteiger partial charge in [-0.1, -0.05) is 6.07 Å². The number of anilines is 3. The molecule has 0 fully saturated rings. The maximum Gasteiger partial charge on any atom is 0.222 e. The lowest BCUT2D eigenvalue weighted by molar-refractivity contribution is -0.114. The van der Waals surface area contributed by atoms with Crippen LogP contribution in [0.5, 0.6) is 0 Å². The van der Waals surface area contributed by atoms with E-state index in [0.29, 0.717) is 23.0 Å². The number of carbonyl (C=O) groups excluding carboxylic acids is 1. The topological polar surface area (TPSA) is 97.1 Å². The Morgan fingerprint density at radius 3 is 2.85 bits per heavy atom. The molecule has 0 spiro atoms. The van der Waals surface area contributed by atoms with Gasteiger partial charge in [-0.3, -0.25) is 4.79 Å². The van der Waals surface area contributed by atoms with Gasteiger partial charge in [0.05, 0.1) is 0 Å². The average Bonchev–Trinajstić information content (AvgIpc) is 3.10. The molecule has 4 rings (SSSR count). The molecule has 9 heteroatoms. The van der Waals surface area contributed by atoms with E-state index in [2.05, 4.69) is 30.7 Å². The van der Waals surface area contributed by atoms with E-state index in [9.17, 15) is 9.18 Å². The van der Waals surface area contributed by atoms with Crippen LogP contribution in [0.2, 0.25) is 0 Å². The van der Waals surface area contributed by atoms with Crippen molar-refractivity contribution in [2.45, 2.75) is 6.92 Å². The Kier molecular flexibility index (Phi) is 4.17. The van der Waals surface area contributed by atoms with Gasteiger partial charge in [-0.25, -0.2) is 19.5 Å². The van der Waals surface area contributed by atoms with E-state index in [1.807, 2.05) is 12.1 Å². The second-order valence-electron chi connectivity index (χ2n) is 5.70. The normalized spacial score (nSPS) is 10.7. The summed E-state index contributed by atoms with van der Waals surface area (Å²) < 4.78 is 15.1. The van der Waals surface area contributed by atoms with Crippen LogP contribution >= 0.6 is 0 Å². The van der Waals surface area contributed by atoms with Crippen molar-refractivity contribution in [2.75, 3.05) is 10.6 Å². The molecule has 1 amide bonds. The summed E-state index contributed by atoms with van der Waals surface area (Å²) in [6, 6.07) is 11.6. The number of nitrogens with one attached hydrogen (secondary N) is 2. The Balaban J connectivity index is 1.75. The molecule has 134 valence electrons. The zero-order valence-electron chi connectivity index (χ0n) is 14.2. The monoisotopic (exact) mass is 363 g/mol. The standard InChI is InChI=1S/C18H14FN7O/c1-11(27)21-16-10-12(7-8-20-16)22-18-14-5-3-9-26(14)25-17(24-18)13-4-2-6-15(19)23-13/h2-10H,1H3,(H2,20,21,22,24,25,27). The first-order valence-electron chi connectivity index (χ1n) is 8.07. The van der Waals surface area contributed by atoms with Gasteiger partial charge in [0.1, 0.15) is 17.0 Å². The molecule has 0 aromatic carbocycles. The van der Waals surface area contributed by atoms with E-state index in [1.165, 1.54) is 13.0 Å². The fraction of sp³-hybridized carbons (Fsp3) is 0.0556. The molecule has 8 nitrogen and oxygen atoms in total. The summed E-state index contributed by atoms with van der Waals surface area (Å²) in [7, 11) is 0. The average molecular weight is 363 g/mol. The number of rotatable bonds is 4. The molecule has 0 radical (unpaired) electrons. The van der Waals surface area contributed by atoms with E-state index in [-0.39, 0.29) is 11.7 Å². The minimum Gasteiger partial charge on any atom is -0.338 e. The van der Waals surface area contributed by atoms with Crippen LogP contribution in [0, 0.1) is 5.95 Å². The molecule has 0 unspecified atom stereocenters. The van der Waals surface area contributed by atoms with Crippen molar-refractivity contribution < 1.29 is 9.18 Å². The molecule has 2 N–H and O–H groups in total. The number of hydrogen-bond donors (Lipinski definition) is 2. The first-order valence-corrected chi connectivity index (χ1v) is 8.07. The van der Waals surface area contributed by atoms with Gasteiger partial charge in [0, 0.05) is 31.1 Å². The lowest BCUT2D eigenvalue weighted by Gasteiger charge is -2.10. The van der Waals surface area contributed by atoms with Crippen molar-refractivity contribution in [2.24, 2.45) is 0 Å². The number of hydrogen-bond acceptors (Lipinski definition) is 6. The number of fused-ring (bicyclic) bond motifs is 1. The Bertz CT molecular complexity index is 1140. The Morgan fingerprint density at radius 2 is 2.04 bits per heavy atom. The first-order chi connectivity index (χ1) is 13.1. The number of amides is 1. The van der Waals surface area contributed by atoms with Gasteiger partial charge in [-0.2, -0.15) is 4.39 Å². The van der Waals surface area contributed by atoms with Crippen LogP contribution in [0.25, 0.3) is 17.0 Å². The van der Waals surface area contributed by atoms with E-state index >= 15 is 0 Å². The molecule has 0 bridgehead atoms. The molecule has 0 saturated carbocycles. The molecule has 0 aliphatic rings. The van der Waals surface area contributed by atoms with Crippen LogP contribution in [0.3, 0.4) is 0 Å². The van der Waals surface area contributed by atoms with Crippen molar-refractivity contribution in [1.82, 2.24) is 24.6 Å². The van der Waals surface area contributed by atoms with Crippen molar-refractivity contribution >= 4 is 28.7 Å². The minimum absolute atomic E-state index is 0.213. The van der Waals surface area contributed by atoms with Gasteiger partial charge in [0.25, 0.3) is 0 Å². The van der Waals surface area contributed by atoms with Crippen LogP contribution in [0.4, 0.5) is 21.7 Å². The van der Waals surface area contributed by atoms with E-state index < -0.39 is 5.95 Å². The second-order valence-corrected chi connectivity index (χ2v) is 5.70. The zero-order valence-corrected chi connectivity index (χ0v) is 14.2. The van der Waals surface area contributed by atoms with Crippen molar-refractivity contribution in [3.63, 3.8) is 0 Å². The number of halogens is 1. The summed E-state index contributed by atoms with van der Waals surface area (Å²) in [6.07, 6.45) is 3.33. The molecule has 4 aromatic heterocycles. The third kappa shape index (κ3) is 3.56. The number of nitrogens with zero attached hydrogens (tertiary/aromatic N) is 5. The molecule has 0 aliphatic heterocycles. The third-order valence-electron chi connectivity index (χ3n) is 3.66. The van der Waals surface area contributed by atoms with Gasteiger partial charge >= 0.3 is 0 Å². The fourth-order valence-electron chi connectivity index (χ4n) is 2.56. The van der Waals surface area contributed by atoms with Crippen LogP contribution in [-0.2, 0) is 4.79 Å². The zero-order chi connectivity index (χ0) is 18.8. The molecule has 0 saturated heterocycles. The molecule has 0 atom stereocenters. The third-order valence-corrected chi connectivity index (χ3v) is 3.66. The fourth-order valence-corrected chi connectivity index (χ4v) is 2.56. The summed E-state index contributed by atoms with van der Waals surface area (Å²) in [5.41, 5.74) is 1.73. The quantitative estimate of drug-likeness (QED) is 0.541. The number of carbonyl (C=O) groups is 1. The molecule has 0 aliphatic carbocycles. The van der Waals surface area contributed by atoms with E-state index in [0.717, 1.165) is 5.52 Å². The highest BCUT2D eigenvalue weighted by Crippen LogP contribution is 2.24. The van der Waals surface area contributed by atoms with Crippen LogP contribution in [-0.4, -0.2) is 30.5 Å². The smallest absolute Gasteiger partial charge is 0.222 e. The lowest BCUT2D eigenvalue weighted by atomic mass is 10.3. The molecule has 4 heterocycles. The highest BCUT2D eigenvalue weighted by Gasteiger charge is 2.12. The Labute approximate surface area is 153 Å². The predicted molar refractivity (Wildman–Crippen MR) is 98.0 cm³/mol. The largest absolute Gasteiger partial charge is 0.338 e. The maximum absolute atomic E-state index is 13.5. The number of aromatic nitrogens is 5. The van der Waals surface area contributed by atoms with Crippen molar-refractivity contribution in [3.05, 3.63) is 60.8 Å². The number of pyridine rings is 2. The first kappa shape index (κ1) is 16.6. The molecular weight excluding hydrogens is 349 g/mol. The van der Waals surface area contributed by atoms with Gasteiger partial charge in [0.2, 0.25) is 17.7 Å². The maximum atomic E-state index is 13.5. The molecular formula is C18H14FN7O. The van der Waals surface area contributed by atoms with Gasteiger partial charge < -0.3 is 10.6 Å². The Hall–Kier alpha value is -3.88. The van der Waals surface area contributed by atoms with Gasteiger partial charge in [0.15, 0.2) is 5.82 Å². The second kappa shape index (κ2) is 6.79. The van der Waals surface area contributed by atoms with E-state index in [1.54, 1.807) is 41.2 Å². The highest BCUT2D eigenvalue weighted by atomic mass is 19.1. The van der Waals surface area contributed by atoms with Crippen LogP contribution < -0.4 is 10.6 Å². The SMILES string of the molecule is CC(=O)Nc1cc(Nc2nc(-c3cccc(F)n3)nn3cccc23)ccn1. The van der Waals surface area contributed by atoms with Gasteiger partial charge in [-0.05, 0) is 30.3 Å². The highest BCUT2D eigenvalue weighted by molar-refractivity contribution is 5.88. The van der Waals surface area contributed by atoms with E-state index in [4.69, 9.17) is 0 Å². The van der Waals surface area contributed by atoms with Crippen LogP contribution in [0.1, 0.15) is 6.92 Å². The van der Waals surface area contributed by atoms with Crippen molar-refractivity contribution in [3.8, 4) is 11.5 Å². The Morgan fingerprint density at radius 1 is 1.15 bits per heavy atom. The summed E-state index contributed by atoms with van der Waals surface area (Å²) >= 11 is 0. The molecule has 27 heavy (non-hydrogen) atoms.